The number of urea groups is 1. The van der Waals surface area contributed by atoms with E-state index in [9.17, 15) is 4.79 Å². The summed E-state index contributed by atoms with van der Waals surface area (Å²) >= 11 is 5.92. The standard InChI is InChI=1S/C19H23ClN2O/c1-19(2,16-8-10-17(20)11-9-16)14-22-18(23)21-13-12-15-6-4-3-5-7-15/h3-11H,12-14H2,1-2H3,(H2,21,22,23). The number of benzene rings is 2. The van der Waals surface area contributed by atoms with Crippen LogP contribution in [0.5, 0.6) is 0 Å². The first-order chi connectivity index (χ1) is 11.0. The van der Waals surface area contributed by atoms with Crippen LogP contribution in [0.25, 0.3) is 0 Å². The lowest BCUT2D eigenvalue weighted by atomic mass is 9.85. The Kier molecular flexibility index (Phi) is 6.05. The summed E-state index contributed by atoms with van der Waals surface area (Å²) in [4.78, 5) is 11.9. The highest BCUT2D eigenvalue weighted by Crippen LogP contribution is 2.23. The van der Waals surface area contributed by atoms with E-state index < -0.39 is 0 Å². The topological polar surface area (TPSA) is 41.1 Å². The molecule has 0 radical (unpaired) electrons. The summed E-state index contributed by atoms with van der Waals surface area (Å²) in [5, 5.41) is 6.55. The predicted molar refractivity (Wildman–Crippen MR) is 96.0 cm³/mol. The summed E-state index contributed by atoms with van der Waals surface area (Å²) in [6, 6.07) is 17.7. The molecule has 122 valence electrons. The van der Waals surface area contributed by atoms with E-state index >= 15 is 0 Å². The van der Waals surface area contributed by atoms with Crippen LogP contribution in [0.1, 0.15) is 25.0 Å². The third-order valence-corrected chi connectivity index (χ3v) is 4.11. The Morgan fingerprint density at radius 3 is 2.30 bits per heavy atom. The van der Waals surface area contributed by atoms with Crippen LogP contribution in [-0.2, 0) is 11.8 Å². The molecule has 0 heterocycles. The molecule has 0 bridgehead atoms. The van der Waals surface area contributed by atoms with Crippen molar-refractivity contribution < 1.29 is 4.79 Å². The van der Waals surface area contributed by atoms with Gasteiger partial charge in [0.25, 0.3) is 0 Å². The van der Waals surface area contributed by atoms with Crippen LogP contribution in [0.15, 0.2) is 54.6 Å². The second-order valence-corrected chi connectivity index (χ2v) is 6.67. The minimum Gasteiger partial charge on any atom is -0.338 e. The molecule has 0 aliphatic heterocycles. The van der Waals surface area contributed by atoms with Crippen LogP contribution in [-0.4, -0.2) is 19.1 Å². The average molecular weight is 331 g/mol. The van der Waals surface area contributed by atoms with Crippen LogP contribution < -0.4 is 10.6 Å². The molecule has 3 nitrogen and oxygen atoms in total. The molecule has 2 rings (SSSR count). The summed E-state index contributed by atoms with van der Waals surface area (Å²) in [6.07, 6.45) is 0.828. The molecule has 0 atom stereocenters. The van der Waals surface area contributed by atoms with Crippen molar-refractivity contribution in [3.05, 3.63) is 70.7 Å². The Labute approximate surface area is 143 Å². The lowest BCUT2D eigenvalue weighted by Crippen LogP contribution is -2.42. The van der Waals surface area contributed by atoms with Crippen LogP contribution in [0, 0.1) is 0 Å². The largest absolute Gasteiger partial charge is 0.338 e. The second-order valence-electron chi connectivity index (χ2n) is 6.24. The highest BCUT2D eigenvalue weighted by Gasteiger charge is 2.21. The zero-order valence-corrected chi connectivity index (χ0v) is 14.4. The van der Waals surface area contributed by atoms with Gasteiger partial charge in [-0.3, -0.25) is 0 Å². The van der Waals surface area contributed by atoms with Gasteiger partial charge in [-0.15, -0.1) is 0 Å². The maximum atomic E-state index is 11.9. The van der Waals surface area contributed by atoms with Gasteiger partial charge in [-0.1, -0.05) is 67.9 Å². The number of amides is 2. The smallest absolute Gasteiger partial charge is 0.314 e. The predicted octanol–water partition coefficient (Wildman–Crippen LogP) is 4.16. The van der Waals surface area contributed by atoms with E-state index in [0.717, 1.165) is 17.0 Å². The summed E-state index contributed by atoms with van der Waals surface area (Å²) in [5.74, 6) is 0. The Bertz CT molecular complexity index is 624. The highest BCUT2D eigenvalue weighted by atomic mass is 35.5. The Hall–Kier alpha value is -2.00. The van der Waals surface area contributed by atoms with Gasteiger partial charge in [-0.05, 0) is 29.7 Å². The lowest BCUT2D eigenvalue weighted by Gasteiger charge is -2.25. The Morgan fingerprint density at radius 1 is 1.00 bits per heavy atom. The summed E-state index contributed by atoms with van der Waals surface area (Å²) in [5.41, 5.74) is 2.21. The molecule has 0 unspecified atom stereocenters. The molecule has 0 aliphatic rings. The monoisotopic (exact) mass is 330 g/mol. The van der Waals surface area contributed by atoms with Crippen LogP contribution >= 0.6 is 11.6 Å². The van der Waals surface area contributed by atoms with Crippen molar-refractivity contribution in [2.24, 2.45) is 0 Å². The molecule has 0 aliphatic carbocycles. The number of carbonyl (C=O) groups excluding carboxylic acids is 1. The van der Waals surface area contributed by atoms with E-state index in [1.54, 1.807) is 0 Å². The van der Waals surface area contributed by atoms with Gasteiger partial charge in [0, 0.05) is 23.5 Å². The van der Waals surface area contributed by atoms with Crippen molar-refractivity contribution in [2.75, 3.05) is 13.1 Å². The fourth-order valence-electron chi connectivity index (χ4n) is 2.33. The van der Waals surface area contributed by atoms with Gasteiger partial charge in [0.15, 0.2) is 0 Å². The summed E-state index contributed by atoms with van der Waals surface area (Å²) in [6.45, 7) is 5.38. The van der Waals surface area contributed by atoms with E-state index in [2.05, 4.69) is 36.6 Å². The Balaban J connectivity index is 1.76. The molecule has 0 aromatic heterocycles. The fraction of sp³-hybridized carbons (Fsp3) is 0.316. The molecule has 2 aromatic carbocycles. The van der Waals surface area contributed by atoms with Gasteiger partial charge in [-0.2, -0.15) is 0 Å². The van der Waals surface area contributed by atoms with Gasteiger partial charge < -0.3 is 10.6 Å². The maximum absolute atomic E-state index is 11.9. The van der Waals surface area contributed by atoms with Gasteiger partial charge in [0.1, 0.15) is 0 Å². The van der Waals surface area contributed by atoms with Crippen molar-refractivity contribution in [1.29, 1.82) is 0 Å². The van der Waals surface area contributed by atoms with E-state index in [1.165, 1.54) is 5.56 Å². The molecule has 0 saturated heterocycles. The molecule has 2 amide bonds. The highest BCUT2D eigenvalue weighted by molar-refractivity contribution is 6.30. The first kappa shape index (κ1) is 17.4. The number of nitrogens with one attached hydrogen (secondary N) is 2. The SMILES string of the molecule is CC(C)(CNC(=O)NCCc1ccccc1)c1ccc(Cl)cc1. The van der Waals surface area contributed by atoms with Crippen molar-refractivity contribution in [3.63, 3.8) is 0 Å². The van der Waals surface area contributed by atoms with Crippen LogP contribution in [0.3, 0.4) is 0 Å². The molecule has 2 aromatic rings. The van der Waals surface area contributed by atoms with Gasteiger partial charge in [0.05, 0.1) is 0 Å². The lowest BCUT2D eigenvalue weighted by molar-refractivity contribution is 0.238. The number of carbonyl (C=O) groups is 1. The fourth-order valence-corrected chi connectivity index (χ4v) is 2.46. The zero-order chi connectivity index (χ0) is 16.7. The third kappa shape index (κ3) is 5.61. The first-order valence-electron chi connectivity index (χ1n) is 7.79. The molecule has 0 spiro atoms. The van der Waals surface area contributed by atoms with E-state index in [1.807, 2.05) is 42.5 Å². The third-order valence-electron chi connectivity index (χ3n) is 3.86. The molecule has 4 heteroatoms. The minimum absolute atomic E-state index is 0.136. The molecule has 23 heavy (non-hydrogen) atoms. The van der Waals surface area contributed by atoms with Crippen LogP contribution in [0.2, 0.25) is 5.02 Å². The van der Waals surface area contributed by atoms with Gasteiger partial charge >= 0.3 is 6.03 Å². The van der Waals surface area contributed by atoms with E-state index in [4.69, 9.17) is 11.6 Å². The van der Waals surface area contributed by atoms with E-state index in [-0.39, 0.29) is 11.4 Å². The van der Waals surface area contributed by atoms with Crippen molar-refractivity contribution >= 4 is 17.6 Å². The van der Waals surface area contributed by atoms with Gasteiger partial charge in [0.2, 0.25) is 0 Å². The van der Waals surface area contributed by atoms with Crippen molar-refractivity contribution in [3.8, 4) is 0 Å². The number of hydrogen-bond donors (Lipinski definition) is 2. The molecule has 0 fully saturated rings. The van der Waals surface area contributed by atoms with Crippen molar-refractivity contribution in [2.45, 2.75) is 25.7 Å². The summed E-state index contributed by atoms with van der Waals surface area (Å²) < 4.78 is 0. The number of rotatable bonds is 6. The molecule has 2 N–H and O–H groups in total. The number of halogens is 1. The maximum Gasteiger partial charge on any atom is 0.314 e. The average Bonchev–Trinajstić information content (AvgIpc) is 2.54. The summed E-state index contributed by atoms with van der Waals surface area (Å²) in [7, 11) is 0. The van der Waals surface area contributed by atoms with Gasteiger partial charge in [-0.25, -0.2) is 4.79 Å². The minimum atomic E-state index is -0.151. The molecule has 0 saturated carbocycles. The number of hydrogen-bond acceptors (Lipinski definition) is 1. The normalized spacial score (nSPS) is 11.1. The molecular formula is C19H23ClN2O. The Morgan fingerprint density at radius 2 is 1.65 bits per heavy atom. The second kappa shape index (κ2) is 8.02. The van der Waals surface area contributed by atoms with Crippen molar-refractivity contribution in [1.82, 2.24) is 10.6 Å². The molecular weight excluding hydrogens is 308 g/mol. The zero-order valence-electron chi connectivity index (χ0n) is 13.6. The first-order valence-corrected chi connectivity index (χ1v) is 8.17. The van der Waals surface area contributed by atoms with Crippen LogP contribution in [0.4, 0.5) is 4.79 Å². The van der Waals surface area contributed by atoms with E-state index in [0.29, 0.717) is 13.1 Å². The quantitative estimate of drug-likeness (QED) is 0.820.